The SMILES string of the molecule is NC(=O)C[C@@H]1CNCc2c(-c3ccncc3)c(-c3ccc(F)cc3)nn21. The molecule has 0 fully saturated rings. The van der Waals surface area contributed by atoms with E-state index in [4.69, 9.17) is 10.8 Å². The number of nitrogens with zero attached hydrogens (tertiary/aromatic N) is 3. The van der Waals surface area contributed by atoms with Gasteiger partial charge in [-0.05, 0) is 42.0 Å². The number of halogens is 1. The predicted octanol–water partition coefficient (Wildman–Crippen LogP) is 2.27. The maximum atomic E-state index is 13.4. The van der Waals surface area contributed by atoms with Gasteiger partial charge in [-0.3, -0.25) is 14.5 Å². The minimum absolute atomic E-state index is 0.147. The molecule has 7 heteroatoms. The lowest BCUT2D eigenvalue weighted by Gasteiger charge is -2.25. The largest absolute Gasteiger partial charge is 0.370 e. The normalized spacial score (nSPS) is 16.3. The van der Waals surface area contributed by atoms with Gasteiger partial charge in [0.1, 0.15) is 11.5 Å². The summed E-state index contributed by atoms with van der Waals surface area (Å²) >= 11 is 0. The van der Waals surface area contributed by atoms with Gasteiger partial charge in [-0.15, -0.1) is 0 Å². The van der Waals surface area contributed by atoms with Gasteiger partial charge in [-0.25, -0.2) is 4.39 Å². The Balaban J connectivity index is 1.91. The topological polar surface area (TPSA) is 85.8 Å². The van der Waals surface area contributed by atoms with Crippen LogP contribution >= 0.6 is 0 Å². The first-order valence-corrected chi connectivity index (χ1v) is 8.40. The molecule has 0 unspecified atom stereocenters. The zero-order chi connectivity index (χ0) is 18.1. The molecular formula is C19H18FN5O. The second kappa shape index (κ2) is 6.68. The van der Waals surface area contributed by atoms with Crippen molar-refractivity contribution in [2.45, 2.75) is 19.0 Å². The summed E-state index contributed by atoms with van der Waals surface area (Å²) in [6, 6.07) is 9.96. The second-order valence-electron chi connectivity index (χ2n) is 6.31. The molecule has 0 spiro atoms. The average Bonchev–Trinajstić information content (AvgIpc) is 3.03. The summed E-state index contributed by atoms with van der Waals surface area (Å²) in [4.78, 5) is 15.5. The average molecular weight is 351 g/mol. The number of primary amides is 1. The summed E-state index contributed by atoms with van der Waals surface area (Å²) in [6.07, 6.45) is 3.66. The van der Waals surface area contributed by atoms with E-state index in [0.29, 0.717) is 13.1 Å². The fourth-order valence-electron chi connectivity index (χ4n) is 3.41. The van der Waals surface area contributed by atoms with Crippen LogP contribution < -0.4 is 11.1 Å². The van der Waals surface area contributed by atoms with Crippen LogP contribution in [0.25, 0.3) is 22.4 Å². The first kappa shape index (κ1) is 16.4. The van der Waals surface area contributed by atoms with Crippen LogP contribution in [0.15, 0.2) is 48.8 Å². The Morgan fingerprint density at radius 1 is 1.19 bits per heavy atom. The van der Waals surface area contributed by atoms with Gasteiger partial charge in [0.15, 0.2) is 0 Å². The lowest BCUT2D eigenvalue weighted by molar-refractivity contribution is -0.118. The van der Waals surface area contributed by atoms with Crippen molar-refractivity contribution in [2.75, 3.05) is 6.54 Å². The zero-order valence-electron chi connectivity index (χ0n) is 14.0. The first-order valence-electron chi connectivity index (χ1n) is 8.40. The zero-order valence-corrected chi connectivity index (χ0v) is 14.0. The van der Waals surface area contributed by atoms with E-state index in [1.807, 2.05) is 16.8 Å². The highest BCUT2D eigenvalue weighted by Gasteiger charge is 2.28. The van der Waals surface area contributed by atoms with Gasteiger partial charge in [0.05, 0.1) is 18.2 Å². The van der Waals surface area contributed by atoms with Crippen molar-refractivity contribution in [1.29, 1.82) is 0 Å². The Bertz CT molecular complexity index is 937. The summed E-state index contributed by atoms with van der Waals surface area (Å²) in [7, 11) is 0. The fraction of sp³-hybridized carbons (Fsp3) is 0.211. The quantitative estimate of drug-likeness (QED) is 0.755. The highest BCUT2D eigenvalue weighted by Crippen LogP contribution is 2.37. The van der Waals surface area contributed by atoms with Gasteiger partial charge in [0.25, 0.3) is 0 Å². The second-order valence-corrected chi connectivity index (χ2v) is 6.31. The van der Waals surface area contributed by atoms with Crippen molar-refractivity contribution in [3.05, 3.63) is 60.3 Å². The van der Waals surface area contributed by atoms with Crippen molar-refractivity contribution in [3.63, 3.8) is 0 Å². The maximum Gasteiger partial charge on any atom is 0.219 e. The van der Waals surface area contributed by atoms with Crippen LogP contribution in [-0.2, 0) is 11.3 Å². The molecule has 3 N–H and O–H groups in total. The molecule has 0 saturated heterocycles. The van der Waals surface area contributed by atoms with E-state index in [2.05, 4.69) is 10.3 Å². The molecule has 0 saturated carbocycles. The van der Waals surface area contributed by atoms with E-state index in [9.17, 15) is 9.18 Å². The lowest BCUT2D eigenvalue weighted by atomic mass is 9.98. The molecule has 1 aliphatic heterocycles. The highest BCUT2D eigenvalue weighted by atomic mass is 19.1. The summed E-state index contributed by atoms with van der Waals surface area (Å²) in [5.41, 5.74) is 9.89. The molecule has 3 heterocycles. The van der Waals surface area contributed by atoms with Crippen molar-refractivity contribution >= 4 is 5.91 Å². The van der Waals surface area contributed by atoms with Crippen LogP contribution in [0.4, 0.5) is 4.39 Å². The molecule has 26 heavy (non-hydrogen) atoms. The number of amides is 1. The molecule has 1 aromatic carbocycles. The first-order chi connectivity index (χ1) is 12.6. The molecule has 1 amide bonds. The van der Waals surface area contributed by atoms with Crippen LogP contribution in [0.3, 0.4) is 0 Å². The highest BCUT2D eigenvalue weighted by molar-refractivity contribution is 5.83. The molecule has 4 rings (SSSR count). The van der Waals surface area contributed by atoms with Crippen molar-refractivity contribution in [3.8, 4) is 22.4 Å². The number of fused-ring (bicyclic) bond motifs is 1. The number of rotatable bonds is 4. The molecule has 1 atom stereocenters. The molecule has 3 aromatic rings. The molecule has 1 aliphatic rings. The number of carbonyl (C=O) groups is 1. The monoisotopic (exact) mass is 351 g/mol. The minimum Gasteiger partial charge on any atom is -0.370 e. The lowest BCUT2D eigenvalue weighted by Crippen LogP contribution is -2.36. The number of nitrogens with one attached hydrogen (secondary N) is 1. The standard InChI is InChI=1S/C19H18FN5O/c20-14-3-1-13(2-4-14)19-18(12-5-7-22-8-6-12)16-11-23-10-15(9-17(21)26)25(16)24-19/h1-8,15,23H,9-11H2,(H2,21,26)/t15-/m1/s1. The van der Waals surface area contributed by atoms with E-state index in [0.717, 1.165) is 28.1 Å². The Morgan fingerprint density at radius 2 is 1.92 bits per heavy atom. The molecule has 2 aromatic heterocycles. The van der Waals surface area contributed by atoms with Gasteiger partial charge >= 0.3 is 0 Å². The van der Waals surface area contributed by atoms with Crippen molar-refractivity contribution < 1.29 is 9.18 Å². The number of benzene rings is 1. The smallest absolute Gasteiger partial charge is 0.219 e. The summed E-state index contributed by atoms with van der Waals surface area (Å²) in [5, 5.41) is 8.12. The third-order valence-electron chi connectivity index (χ3n) is 4.55. The van der Waals surface area contributed by atoms with E-state index >= 15 is 0 Å². The Labute approximate surface area is 149 Å². The number of carbonyl (C=O) groups excluding carboxylic acids is 1. The predicted molar refractivity (Wildman–Crippen MR) is 95.4 cm³/mol. The number of hydrogen-bond donors (Lipinski definition) is 2. The molecule has 132 valence electrons. The summed E-state index contributed by atoms with van der Waals surface area (Å²) < 4.78 is 15.2. The van der Waals surface area contributed by atoms with Crippen LogP contribution in [-0.4, -0.2) is 27.2 Å². The summed E-state index contributed by atoms with van der Waals surface area (Å²) in [5.74, 6) is -0.662. The number of nitrogens with two attached hydrogens (primary N) is 1. The van der Waals surface area contributed by atoms with E-state index in [-0.39, 0.29) is 24.2 Å². The molecular weight excluding hydrogens is 333 g/mol. The number of hydrogen-bond acceptors (Lipinski definition) is 4. The van der Waals surface area contributed by atoms with Gasteiger partial charge < -0.3 is 11.1 Å². The maximum absolute atomic E-state index is 13.4. The van der Waals surface area contributed by atoms with E-state index in [1.165, 1.54) is 12.1 Å². The van der Waals surface area contributed by atoms with E-state index in [1.54, 1.807) is 24.5 Å². The van der Waals surface area contributed by atoms with Crippen LogP contribution in [0.1, 0.15) is 18.2 Å². The Kier molecular flexibility index (Phi) is 4.22. The van der Waals surface area contributed by atoms with Gasteiger partial charge in [-0.1, -0.05) is 0 Å². The fourth-order valence-corrected chi connectivity index (χ4v) is 3.41. The van der Waals surface area contributed by atoms with Gasteiger partial charge in [0, 0.05) is 36.6 Å². The molecule has 6 nitrogen and oxygen atoms in total. The summed E-state index contributed by atoms with van der Waals surface area (Å²) in [6.45, 7) is 1.25. The number of pyridine rings is 1. The van der Waals surface area contributed by atoms with Crippen molar-refractivity contribution in [2.24, 2.45) is 5.73 Å². The van der Waals surface area contributed by atoms with Gasteiger partial charge in [0.2, 0.25) is 5.91 Å². The van der Waals surface area contributed by atoms with E-state index < -0.39 is 0 Å². The van der Waals surface area contributed by atoms with Crippen molar-refractivity contribution in [1.82, 2.24) is 20.1 Å². The number of aromatic nitrogens is 3. The molecule has 0 radical (unpaired) electrons. The van der Waals surface area contributed by atoms with Crippen LogP contribution in [0.2, 0.25) is 0 Å². The Morgan fingerprint density at radius 3 is 2.62 bits per heavy atom. The third-order valence-corrected chi connectivity index (χ3v) is 4.55. The van der Waals surface area contributed by atoms with Crippen LogP contribution in [0.5, 0.6) is 0 Å². The Hall–Kier alpha value is -3.06. The minimum atomic E-state index is -0.367. The third kappa shape index (κ3) is 2.97. The van der Waals surface area contributed by atoms with Gasteiger partial charge in [-0.2, -0.15) is 5.10 Å². The molecule has 0 aliphatic carbocycles. The van der Waals surface area contributed by atoms with Crippen LogP contribution in [0, 0.1) is 5.82 Å². The molecule has 0 bridgehead atoms.